The van der Waals surface area contributed by atoms with Crippen LogP contribution in [0, 0.1) is 5.92 Å². The average molecular weight is 334 g/mol. The second-order valence-corrected chi connectivity index (χ2v) is 5.28. The summed E-state index contributed by atoms with van der Waals surface area (Å²) in [6.45, 7) is 0.431. The number of aromatic carboxylic acids is 1. The van der Waals surface area contributed by atoms with E-state index in [-0.39, 0.29) is 17.5 Å². The highest BCUT2D eigenvalue weighted by molar-refractivity contribution is 9.10. The summed E-state index contributed by atoms with van der Waals surface area (Å²) in [5.74, 6) is -0.839. The molecule has 0 radical (unpaired) electrons. The largest absolute Gasteiger partial charge is 0.476 e. The van der Waals surface area contributed by atoms with Gasteiger partial charge in [-0.3, -0.25) is 4.79 Å². The third kappa shape index (κ3) is 2.49. The fourth-order valence-electron chi connectivity index (χ4n) is 1.92. The van der Waals surface area contributed by atoms with Gasteiger partial charge in [0, 0.05) is 29.5 Å². The summed E-state index contributed by atoms with van der Waals surface area (Å²) in [5.41, 5.74) is 0.191. The minimum absolute atomic E-state index is 0.0554. The number of carboxylic acids is 1. The molecule has 1 N–H and O–H groups in total. The third-order valence-electron chi connectivity index (χ3n) is 2.75. The zero-order valence-corrected chi connectivity index (χ0v) is 11.6. The van der Waals surface area contributed by atoms with Gasteiger partial charge < -0.3 is 10.0 Å². The molecule has 1 fully saturated rings. The van der Waals surface area contributed by atoms with Crippen molar-refractivity contribution in [2.45, 2.75) is 6.42 Å². The minimum Gasteiger partial charge on any atom is -0.476 e. The third-order valence-corrected chi connectivity index (χ3v) is 3.62. The number of aromatic nitrogens is 1. The summed E-state index contributed by atoms with van der Waals surface area (Å²) >= 11 is 8.96. The van der Waals surface area contributed by atoms with Gasteiger partial charge in [0.2, 0.25) is 5.91 Å². The van der Waals surface area contributed by atoms with Crippen molar-refractivity contribution in [2.24, 2.45) is 5.92 Å². The Balaban J connectivity index is 2.41. The van der Waals surface area contributed by atoms with Crippen LogP contribution in [-0.4, -0.2) is 34.4 Å². The van der Waals surface area contributed by atoms with Crippen LogP contribution in [0.3, 0.4) is 0 Å². The maximum atomic E-state index is 11.9. The fraction of sp³-hybridized carbons (Fsp3) is 0.364. The van der Waals surface area contributed by atoms with E-state index in [4.69, 9.17) is 16.7 Å². The number of hydrogen-bond acceptors (Lipinski definition) is 3. The van der Waals surface area contributed by atoms with Gasteiger partial charge in [-0.05, 0) is 27.9 Å². The number of pyridine rings is 1. The number of rotatable bonds is 3. The van der Waals surface area contributed by atoms with Gasteiger partial charge in [-0.2, -0.15) is 0 Å². The molecular formula is C11H10BrClN2O3. The first-order valence-electron chi connectivity index (χ1n) is 5.28. The monoisotopic (exact) mass is 332 g/mol. The van der Waals surface area contributed by atoms with E-state index < -0.39 is 5.97 Å². The van der Waals surface area contributed by atoms with E-state index in [1.807, 2.05) is 0 Å². The van der Waals surface area contributed by atoms with Gasteiger partial charge >= 0.3 is 5.97 Å². The quantitative estimate of drug-likeness (QED) is 0.860. The second kappa shape index (κ2) is 5.24. The lowest BCUT2D eigenvalue weighted by atomic mass is 10.1. The molecule has 2 rings (SSSR count). The van der Waals surface area contributed by atoms with E-state index in [0.29, 0.717) is 29.0 Å². The molecule has 0 aromatic carbocycles. The number of carbonyl (C=O) groups excluding carboxylic acids is 1. The number of amides is 1. The molecule has 1 atom stereocenters. The first-order chi connectivity index (χ1) is 8.52. The van der Waals surface area contributed by atoms with Gasteiger partial charge in [0.25, 0.3) is 0 Å². The van der Waals surface area contributed by atoms with E-state index in [2.05, 4.69) is 20.9 Å². The molecule has 1 aliphatic rings. The Bertz CT molecular complexity index is 509. The zero-order valence-electron chi connectivity index (χ0n) is 9.27. The zero-order chi connectivity index (χ0) is 13.3. The summed E-state index contributed by atoms with van der Waals surface area (Å²) in [7, 11) is 0. The van der Waals surface area contributed by atoms with E-state index in [0.717, 1.165) is 0 Å². The lowest BCUT2D eigenvalue weighted by Crippen LogP contribution is -2.27. The molecular weight excluding hydrogens is 323 g/mol. The maximum absolute atomic E-state index is 11.9. The van der Waals surface area contributed by atoms with Gasteiger partial charge in [0.1, 0.15) is 0 Å². The van der Waals surface area contributed by atoms with Crippen molar-refractivity contribution in [3.63, 3.8) is 0 Å². The first kappa shape index (κ1) is 13.3. The Labute approximate surface area is 117 Å². The van der Waals surface area contributed by atoms with Crippen molar-refractivity contribution in [3.05, 3.63) is 22.4 Å². The number of nitrogens with zero attached hydrogens (tertiary/aromatic N) is 2. The Morgan fingerprint density at radius 1 is 1.67 bits per heavy atom. The SMILES string of the molecule is O=C(O)c1ncc(Br)cc1N1CC(CCl)CC1=O. The summed E-state index contributed by atoms with van der Waals surface area (Å²) in [6, 6.07) is 1.59. The molecule has 5 nitrogen and oxygen atoms in total. The van der Waals surface area contributed by atoms with Crippen LogP contribution in [0.1, 0.15) is 16.9 Å². The van der Waals surface area contributed by atoms with Crippen LogP contribution in [0.25, 0.3) is 0 Å². The number of carboxylic acid groups (broad SMARTS) is 1. The maximum Gasteiger partial charge on any atom is 0.356 e. The van der Waals surface area contributed by atoms with Crippen LogP contribution in [0.5, 0.6) is 0 Å². The van der Waals surface area contributed by atoms with Crippen LogP contribution in [-0.2, 0) is 4.79 Å². The normalized spacial score (nSPS) is 19.3. The molecule has 0 bridgehead atoms. The lowest BCUT2D eigenvalue weighted by Gasteiger charge is -2.18. The summed E-state index contributed by atoms with van der Waals surface area (Å²) in [4.78, 5) is 28.2. The van der Waals surface area contributed by atoms with Crippen molar-refractivity contribution in [1.82, 2.24) is 4.98 Å². The molecule has 1 unspecified atom stereocenters. The molecule has 0 saturated carbocycles. The van der Waals surface area contributed by atoms with E-state index in [9.17, 15) is 9.59 Å². The average Bonchev–Trinajstić information content (AvgIpc) is 2.70. The fourth-order valence-corrected chi connectivity index (χ4v) is 2.44. The van der Waals surface area contributed by atoms with Gasteiger partial charge in [0.15, 0.2) is 5.69 Å². The highest BCUT2D eigenvalue weighted by Gasteiger charge is 2.32. The molecule has 1 aromatic heterocycles. The summed E-state index contributed by atoms with van der Waals surface area (Å²) < 4.78 is 0.629. The minimum atomic E-state index is -1.15. The highest BCUT2D eigenvalue weighted by atomic mass is 79.9. The van der Waals surface area contributed by atoms with Crippen LogP contribution >= 0.6 is 27.5 Å². The van der Waals surface area contributed by atoms with Crippen molar-refractivity contribution >= 4 is 45.1 Å². The molecule has 1 aliphatic heterocycles. The molecule has 1 aromatic rings. The number of halogens is 2. The Morgan fingerprint density at radius 3 is 2.94 bits per heavy atom. The molecule has 0 spiro atoms. The highest BCUT2D eigenvalue weighted by Crippen LogP contribution is 2.29. The summed E-state index contributed by atoms with van der Waals surface area (Å²) in [5, 5.41) is 9.08. The van der Waals surface area contributed by atoms with Gasteiger partial charge in [0.05, 0.1) is 5.69 Å². The predicted molar refractivity (Wildman–Crippen MR) is 70.1 cm³/mol. The molecule has 1 amide bonds. The van der Waals surface area contributed by atoms with Crippen LogP contribution in [0.4, 0.5) is 5.69 Å². The van der Waals surface area contributed by atoms with Crippen molar-refractivity contribution < 1.29 is 14.7 Å². The standard InChI is InChI=1S/C11H10BrClN2O3/c12-7-2-8(10(11(17)18)14-4-7)15-5-6(3-13)1-9(15)16/h2,4,6H,1,3,5H2,(H,17,18). The van der Waals surface area contributed by atoms with Crippen molar-refractivity contribution in [2.75, 3.05) is 17.3 Å². The smallest absolute Gasteiger partial charge is 0.356 e. The lowest BCUT2D eigenvalue weighted by molar-refractivity contribution is -0.117. The Kier molecular flexibility index (Phi) is 3.87. The number of hydrogen-bond donors (Lipinski definition) is 1. The number of carbonyl (C=O) groups is 2. The molecule has 0 aliphatic carbocycles. The van der Waals surface area contributed by atoms with E-state index >= 15 is 0 Å². The molecule has 2 heterocycles. The number of alkyl halides is 1. The molecule has 7 heteroatoms. The van der Waals surface area contributed by atoms with Gasteiger partial charge in [-0.25, -0.2) is 9.78 Å². The van der Waals surface area contributed by atoms with E-state index in [1.165, 1.54) is 11.1 Å². The van der Waals surface area contributed by atoms with E-state index in [1.54, 1.807) is 6.07 Å². The Morgan fingerprint density at radius 2 is 2.39 bits per heavy atom. The molecule has 18 heavy (non-hydrogen) atoms. The molecule has 96 valence electrons. The second-order valence-electron chi connectivity index (χ2n) is 4.06. The van der Waals surface area contributed by atoms with Gasteiger partial charge in [-0.1, -0.05) is 0 Å². The van der Waals surface area contributed by atoms with Gasteiger partial charge in [-0.15, -0.1) is 11.6 Å². The first-order valence-corrected chi connectivity index (χ1v) is 6.61. The van der Waals surface area contributed by atoms with Crippen LogP contribution in [0.15, 0.2) is 16.7 Å². The number of anilines is 1. The molecule has 1 saturated heterocycles. The topological polar surface area (TPSA) is 70.5 Å². The van der Waals surface area contributed by atoms with Crippen molar-refractivity contribution in [3.8, 4) is 0 Å². The predicted octanol–water partition coefficient (Wildman–Crippen LogP) is 2.13. The Hall–Kier alpha value is -1.14. The van der Waals surface area contributed by atoms with Crippen molar-refractivity contribution in [1.29, 1.82) is 0 Å². The van der Waals surface area contributed by atoms with Crippen LogP contribution < -0.4 is 4.90 Å². The van der Waals surface area contributed by atoms with Crippen LogP contribution in [0.2, 0.25) is 0 Å². The summed E-state index contributed by atoms with van der Waals surface area (Å²) in [6.07, 6.45) is 1.74.